The predicted octanol–water partition coefficient (Wildman–Crippen LogP) is 9.54. The van der Waals surface area contributed by atoms with Crippen LogP contribution < -0.4 is 0 Å². The van der Waals surface area contributed by atoms with Crippen LogP contribution in [0.25, 0.3) is 0 Å². The molecule has 0 radical (unpaired) electrons. The van der Waals surface area contributed by atoms with Gasteiger partial charge in [-0.3, -0.25) is 0 Å². The van der Waals surface area contributed by atoms with Crippen molar-refractivity contribution < 1.29 is 16.6 Å². The summed E-state index contributed by atoms with van der Waals surface area (Å²) in [5.74, 6) is 0. The Kier molecular flexibility index (Phi) is 8.48. The maximum absolute atomic E-state index is 2.90. The zero-order chi connectivity index (χ0) is 26.6. The Balaban J connectivity index is 1.76. The SMILES string of the molecule is CC1=C[C](C[SiH2]C(C)(C)C)([Ti]([CH2]c2ccccc2)([CH2]c2ccccc2)[CH2]c2ccccc2)C2=C1CCCC2. The summed E-state index contributed by atoms with van der Waals surface area (Å²) in [7, 11) is -0.286. The summed E-state index contributed by atoms with van der Waals surface area (Å²) >= 11 is -2.84. The second-order valence-corrected chi connectivity index (χ2v) is 23.5. The molecule has 0 amide bonds. The van der Waals surface area contributed by atoms with Gasteiger partial charge >= 0.3 is 239 Å². The molecule has 0 bridgehead atoms. The molecule has 0 aromatic heterocycles. The van der Waals surface area contributed by atoms with Gasteiger partial charge in [-0.05, 0) is 0 Å². The van der Waals surface area contributed by atoms with Crippen molar-refractivity contribution in [1.29, 1.82) is 0 Å². The molecular formula is C36H46SiTi. The molecule has 0 nitrogen and oxygen atoms in total. The molecule has 1 unspecified atom stereocenters. The molecule has 0 aliphatic heterocycles. The van der Waals surface area contributed by atoms with Gasteiger partial charge in [0.1, 0.15) is 0 Å². The van der Waals surface area contributed by atoms with Gasteiger partial charge in [0.25, 0.3) is 0 Å². The summed E-state index contributed by atoms with van der Waals surface area (Å²) in [6.45, 7) is 9.99. The average Bonchev–Trinajstić information content (AvgIpc) is 3.22. The number of benzene rings is 3. The molecule has 2 heteroatoms. The van der Waals surface area contributed by atoms with Gasteiger partial charge in [-0.1, -0.05) is 0 Å². The van der Waals surface area contributed by atoms with Gasteiger partial charge in [-0.15, -0.1) is 0 Å². The third-order valence-electron chi connectivity index (χ3n) is 9.32. The molecule has 0 fully saturated rings. The molecule has 0 N–H and O–H groups in total. The topological polar surface area (TPSA) is 0 Å². The summed E-state index contributed by atoms with van der Waals surface area (Å²) in [5, 5.41) is 0.465. The first-order chi connectivity index (χ1) is 18.3. The molecule has 38 heavy (non-hydrogen) atoms. The van der Waals surface area contributed by atoms with Crippen LogP contribution in [0.5, 0.6) is 0 Å². The molecule has 0 saturated heterocycles. The minimum atomic E-state index is -2.84. The maximum atomic E-state index is 2.90. The second-order valence-electron chi connectivity index (χ2n) is 13.3. The molecule has 2 aliphatic rings. The van der Waals surface area contributed by atoms with Crippen LogP contribution in [0.2, 0.25) is 14.8 Å². The van der Waals surface area contributed by atoms with Crippen molar-refractivity contribution in [3.8, 4) is 0 Å². The molecule has 198 valence electrons. The van der Waals surface area contributed by atoms with Crippen LogP contribution >= 0.6 is 0 Å². The van der Waals surface area contributed by atoms with Gasteiger partial charge in [0.05, 0.1) is 0 Å². The van der Waals surface area contributed by atoms with E-state index in [9.17, 15) is 0 Å². The molecule has 3 aromatic carbocycles. The van der Waals surface area contributed by atoms with E-state index < -0.39 is 16.6 Å². The minimum absolute atomic E-state index is 0.286. The van der Waals surface area contributed by atoms with Crippen molar-refractivity contribution in [2.45, 2.75) is 82.4 Å². The van der Waals surface area contributed by atoms with E-state index in [1.165, 1.54) is 45.9 Å². The summed E-state index contributed by atoms with van der Waals surface area (Å²) in [6, 6.07) is 36.2. The summed E-state index contributed by atoms with van der Waals surface area (Å²) in [6.07, 6.45) is 8.27. The van der Waals surface area contributed by atoms with Gasteiger partial charge in [0.2, 0.25) is 0 Å². The summed E-state index contributed by atoms with van der Waals surface area (Å²) < 4.78 is 4.19. The van der Waals surface area contributed by atoms with Gasteiger partial charge in [-0.2, -0.15) is 0 Å². The van der Waals surface area contributed by atoms with E-state index in [1.54, 1.807) is 27.8 Å². The first-order valence-corrected chi connectivity index (χ1v) is 20.6. The van der Waals surface area contributed by atoms with Crippen molar-refractivity contribution in [3.05, 3.63) is 130 Å². The number of hydrogen-bond acceptors (Lipinski definition) is 0. The van der Waals surface area contributed by atoms with Crippen molar-refractivity contribution in [3.63, 3.8) is 0 Å². The van der Waals surface area contributed by atoms with Crippen molar-refractivity contribution >= 4 is 9.52 Å². The Morgan fingerprint density at radius 1 is 0.684 bits per heavy atom. The van der Waals surface area contributed by atoms with E-state index in [0.29, 0.717) is 8.76 Å². The molecule has 0 saturated carbocycles. The van der Waals surface area contributed by atoms with Crippen molar-refractivity contribution in [1.82, 2.24) is 0 Å². The standard InChI is InChI=1S/C15H25Si.3C7H7.Ti/c1-11-9-12(10-16-15(2,3)4)14-8-6-5-7-13(11)14;3*1-7-5-3-2-4-6-7;/h9H,5-8,10,16H2,1-4H3;3*2-6H,1H2;. The average molecular weight is 555 g/mol. The summed E-state index contributed by atoms with van der Waals surface area (Å²) in [4.78, 5) is 0. The fourth-order valence-electron chi connectivity index (χ4n) is 7.53. The third kappa shape index (κ3) is 5.96. The Morgan fingerprint density at radius 2 is 1.13 bits per heavy atom. The Bertz CT molecular complexity index is 1170. The molecule has 0 spiro atoms. The van der Waals surface area contributed by atoms with Crippen LogP contribution in [-0.2, 0) is 30.8 Å². The van der Waals surface area contributed by atoms with Crippen LogP contribution in [0, 0.1) is 0 Å². The molecular weight excluding hydrogens is 508 g/mol. The normalized spacial score (nSPS) is 20.2. The molecule has 1 atom stereocenters. The molecule has 2 aliphatic carbocycles. The third-order valence-corrected chi connectivity index (χ3v) is 21.8. The van der Waals surface area contributed by atoms with Crippen LogP contribution in [0.15, 0.2) is 114 Å². The molecule has 0 heterocycles. The van der Waals surface area contributed by atoms with Gasteiger partial charge < -0.3 is 0 Å². The van der Waals surface area contributed by atoms with E-state index in [2.05, 4.69) is 125 Å². The van der Waals surface area contributed by atoms with E-state index in [0.717, 1.165) is 0 Å². The predicted molar refractivity (Wildman–Crippen MR) is 165 cm³/mol. The van der Waals surface area contributed by atoms with E-state index >= 15 is 0 Å². The van der Waals surface area contributed by atoms with Crippen molar-refractivity contribution in [2.75, 3.05) is 0 Å². The van der Waals surface area contributed by atoms with Gasteiger partial charge in [0.15, 0.2) is 0 Å². The zero-order valence-electron chi connectivity index (χ0n) is 24.1. The fraction of sp³-hybridized carbons (Fsp3) is 0.389. The molecule has 5 rings (SSSR count). The number of hydrogen-bond donors (Lipinski definition) is 0. The van der Waals surface area contributed by atoms with Crippen LogP contribution in [0.1, 0.15) is 70.1 Å². The van der Waals surface area contributed by atoms with E-state index in [-0.39, 0.29) is 9.52 Å². The zero-order valence-corrected chi connectivity index (χ0v) is 27.1. The van der Waals surface area contributed by atoms with E-state index in [1.807, 2.05) is 5.57 Å². The van der Waals surface area contributed by atoms with Gasteiger partial charge in [0, 0.05) is 0 Å². The summed E-state index contributed by atoms with van der Waals surface area (Å²) in [5.41, 5.74) is 9.99. The van der Waals surface area contributed by atoms with E-state index in [4.69, 9.17) is 0 Å². The first kappa shape index (κ1) is 27.6. The Morgan fingerprint density at radius 3 is 1.58 bits per heavy atom. The molecule has 3 aromatic rings. The monoisotopic (exact) mass is 554 g/mol. The number of rotatable bonds is 9. The van der Waals surface area contributed by atoms with Crippen molar-refractivity contribution in [2.24, 2.45) is 0 Å². The first-order valence-electron chi connectivity index (χ1n) is 14.8. The second kappa shape index (κ2) is 11.7. The van der Waals surface area contributed by atoms with Crippen LogP contribution in [-0.4, -0.2) is 9.52 Å². The number of allylic oxidation sites excluding steroid dienone is 4. The fourth-order valence-corrected chi connectivity index (χ4v) is 21.8. The Hall–Kier alpha value is -1.93. The Labute approximate surface area is 237 Å². The van der Waals surface area contributed by atoms with Gasteiger partial charge in [-0.25, -0.2) is 0 Å². The van der Waals surface area contributed by atoms with Crippen LogP contribution in [0.3, 0.4) is 0 Å². The van der Waals surface area contributed by atoms with Crippen LogP contribution in [0.4, 0.5) is 0 Å². The quantitative estimate of drug-likeness (QED) is 0.231.